The van der Waals surface area contributed by atoms with Crippen LogP contribution in [0.1, 0.15) is 17.0 Å². The fraction of sp³-hybridized carbons (Fsp3) is 0.167. The van der Waals surface area contributed by atoms with E-state index in [9.17, 15) is 9.59 Å². The van der Waals surface area contributed by atoms with Gasteiger partial charge < -0.3 is 10.6 Å². The van der Waals surface area contributed by atoms with Gasteiger partial charge in [0.1, 0.15) is 4.33 Å². The van der Waals surface area contributed by atoms with Crippen LogP contribution in [0.2, 0.25) is 15.1 Å². The van der Waals surface area contributed by atoms with E-state index in [1.165, 1.54) is 0 Å². The topological polar surface area (TPSA) is 58.2 Å². The lowest BCUT2D eigenvalue weighted by Crippen LogP contribution is -2.18. The Morgan fingerprint density at radius 1 is 0.848 bits per heavy atom. The molecule has 0 bridgehead atoms. The Kier molecular flexibility index (Phi) is 7.13. The summed E-state index contributed by atoms with van der Waals surface area (Å²) in [4.78, 5) is 25.3. The van der Waals surface area contributed by atoms with E-state index in [0.717, 1.165) is 5.56 Å². The number of hydrogen-bond acceptors (Lipinski definition) is 2. The van der Waals surface area contributed by atoms with Crippen LogP contribution in [0.15, 0.2) is 66.7 Å². The number of alkyl halides is 2. The summed E-state index contributed by atoms with van der Waals surface area (Å²) in [5.41, 5.74) is 2.38. The highest BCUT2D eigenvalue weighted by molar-refractivity contribution is 6.53. The molecule has 1 aliphatic rings. The van der Waals surface area contributed by atoms with Crippen molar-refractivity contribution in [3.05, 3.63) is 92.9 Å². The van der Waals surface area contributed by atoms with Crippen LogP contribution in [-0.2, 0) is 16.0 Å². The molecule has 4 nitrogen and oxygen atoms in total. The van der Waals surface area contributed by atoms with Crippen molar-refractivity contribution in [2.24, 2.45) is 5.92 Å². The highest BCUT2D eigenvalue weighted by atomic mass is 35.5. The van der Waals surface area contributed by atoms with Gasteiger partial charge in [-0.2, -0.15) is 0 Å². The average molecular weight is 543 g/mol. The van der Waals surface area contributed by atoms with Gasteiger partial charge in [0, 0.05) is 21.7 Å². The number of carbonyl (C=O) groups is 2. The Hall–Kier alpha value is -1.95. The fourth-order valence-electron chi connectivity index (χ4n) is 3.72. The maximum atomic E-state index is 12.9. The van der Waals surface area contributed by atoms with Crippen molar-refractivity contribution in [2.75, 3.05) is 10.6 Å². The summed E-state index contributed by atoms with van der Waals surface area (Å²) in [6.07, 6.45) is 0.195. The zero-order valence-corrected chi connectivity index (χ0v) is 20.7. The second-order valence-corrected chi connectivity index (χ2v) is 10.5. The zero-order valence-electron chi connectivity index (χ0n) is 16.9. The Bertz CT molecular complexity index is 1200. The molecule has 9 heteroatoms. The number of rotatable bonds is 6. The molecule has 0 radical (unpaired) electrons. The molecule has 0 heterocycles. The Labute approximate surface area is 216 Å². The monoisotopic (exact) mass is 540 g/mol. The molecule has 1 fully saturated rings. The van der Waals surface area contributed by atoms with Gasteiger partial charge in [-0.15, -0.1) is 23.2 Å². The van der Waals surface area contributed by atoms with E-state index in [2.05, 4.69) is 10.6 Å². The van der Waals surface area contributed by atoms with Gasteiger partial charge in [-0.1, -0.05) is 65.1 Å². The second kappa shape index (κ2) is 9.73. The van der Waals surface area contributed by atoms with E-state index >= 15 is 0 Å². The van der Waals surface area contributed by atoms with Gasteiger partial charge in [0.2, 0.25) is 11.8 Å². The first-order valence-electron chi connectivity index (χ1n) is 9.93. The fourth-order valence-corrected chi connectivity index (χ4v) is 5.25. The molecular formula is C24H17Cl5N2O2. The number of nitrogens with one attached hydrogen (secondary N) is 2. The van der Waals surface area contributed by atoms with Gasteiger partial charge in [-0.3, -0.25) is 9.59 Å². The normalized spacial score (nSPS) is 18.5. The van der Waals surface area contributed by atoms with Crippen LogP contribution in [-0.4, -0.2) is 16.1 Å². The Morgan fingerprint density at radius 3 is 2.18 bits per heavy atom. The highest BCUT2D eigenvalue weighted by Crippen LogP contribution is 2.65. The lowest BCUT2D eigenvalue weighted by molar-refractivity contribution is -0.117. The SMILES string of the molecule is O=C(Cc1ccccc1)Nc1cc(NC(=O)[C@H]2[C@H](c3cc(Cl)cc(Cl)c3)C2(Cl)Cl)ccc1Cl. The Balaban J connectivity index is 1.46. The smallest absolute Gasteiger partial charge is 0.231 e. The van der Waals surface area contributed by atoms with Crippen molar-refractivity contribution >= 4 is 81.2 Å². The van der Waals surface area contributed by atoms with Crippen LogP contribution >= 0.6 is 58.0 Å². The molecule has 0 saturated heterocycles. The van der Waals surface area contributed by atoms with Gasteiger partial charge >= 0.3 is 0 Å². The molecule has 2 N–H and O–H groups in total. The molecule has 0 unspecified atom stereocenters. The summed E-state index contributed by atoms with van der Waals surface area (Å²) in [6, 6.07) is 19.1. The number of carbonyl (C=O) groups excluding carboxylic acids is 2. The number of benzene rings is 3. The summed E-state index contributed by atoms with van der Waals surface area (Å²) in [5, 5.41) is 6.78. The molecular weight excluding hydrogens is 526 g/mol. The van der Waals surface area contributed by atoms with Crippen LogP contribution in [0.5, 0.6) is 0 Å². The third-order valence-electron chi connectivity index (χ3n) is 5.30. The van der Waals surface area contributed by atoms with Crippen LogP contribution in [0.25, 0.3) is 0 Å². The van der Waals surface area contributed by atoms with E-state index in [-0.39, 0.29) is 18.2 Å². The van der Waals surface area contributed by atoms with Crippen LogP contribution < -0.4 is 10.6 Å². The van der Waals surface area contributed by atoms with Crippen molar-refractivity contribution in [3.8, 4) is 0 Å². The molecule has 33 heavy (non-hydrogen) atoms. The Morgan fingerprint density at radius 2 is 1.52 bits per heavy atom. The van der Waals surface area contributed by atoms with Crippen molar-refractivity contribution < 1.29 is 9.59 Å². The molecule has 4 rings (SSSR count). The molecule has 0 aromatic heterocycles. The molecule has 2 amide bonds. The third kappa shape index (κ3) is 5.59. The zero-order chi connectivity index (χ0) is 23.8. The molecule has 3 aromatic carbocycles. The maximum Gasteiger partial charge on any atom is 0.231 e. The lowest BCUT2D eigenvalue weighted by Gasteiger charge is -2.11. The first-order chi connectivity index (χ1) is 15.6. The summed E-state index contributed by atoms with van der Waals surface area (Å²) >= 11 is 31.2. The maximum absolute atomic E-state index is 12.9. The van der Waals surface area contributed by atoms with Crippen molar-refractivity contribution in [1.82, 2.24) is 0 Å². The summed E-state index contributed by atoms with van der Waals surface area (Å²) in [7, 11) is 0. The van der Waals surface area contributed by atoms with E-state index in [1.54, 1.807) is 36.4 Å². The standard InChI is InChI=1S/C24H17Cl5N2O2/c25-15-9-14(10-16(26)11-15)21-22(24(21,28)29)23(33)30-17-6-7-18(27)19(12-17)31-20(32)8-13-4-2-1-3-5-13/h1-7,9-12,21-22H,8H2,(H,30,33)(H,31,32)/t21-,22+/m0/s1. The van der Waals surface area contributed by atoms with Gasteiger partial charge in [0.25, 0.3) is 0 Å². The van der Waals surface area contributed by atoms with E-state index in [0.29, 0.717) is 32.0 Å². The van der Waals surface area contributed by atoms with Gasteiger partial charge in [0.05, 0.1) is 23.0 Å². The number of anilines is 2. The van der Waals surface area contributed by atoms with Crippen LogP contribution in [0, 0.1) is 5.92 Å². The first kappa shape index (κ1) is 24.2. The minimum atomic E-state index is -1.29. The van der Waals surface area contributed by atoms with Crippen molar-refractivity contribution in [2.45, 2.75) is 16.7 Å². The molecule has 1 aliphatic carbocycles. The average Bonchev–Trinajstić information content (AvgIpc) is 3.32. The molecule has 1 saturated carbocycles. The summed E-state index contributed by atoms with van der Waals surface area (Å²) < 4.78 is -1.29. The molecule has 170 valence electrons. The summed E-state index contributed by atoms with van der Waals surface area (Å²) in [5.74, 6) is -1.77. The highest BCUT2D eigenvalue weighted by Gasteiger charge is 2.67. The number of amides is 2. The molecule has 3 aromatic rings. The van der Waals surface area contributed by atoms with Crippen LogP contribution in [0.4, 0.5) is 11.4 Å². The van der Waals surface area contributed by atoms with Crippen molar-refractivity contribution in [1.29, 1.82) is 0 Å². The van der Waals surface area contributed by atoms with Gasteiger partial charge in [0.15, 0.2) is 0 Å². The number of hydrogen-bond donors (Lipinski definition) is 2. The van der Waals surface area contributed by atoms with Gasteiger partial charge in [-0.25, -0.2) is 0 Å². The van der Waals surface area contributed by atoms with E-state index in [1.807, 2.05) is 30.3 Å². The first-order valence-corrected chi connectivity index (χ1v) is 11.8. The number of halogens is 5. The quantitative estimate of drug-likeness (QED) is 0.320. The minimum Gasteiger partial charge on any atom is -0.326 e. The predicted octanol–water partition coefficient (Wildman–Crippen LogP) is 7.35. The van der Waals surface area contributed by atoms with Gasteiger partial charge in [-0.05, 0) is 47.5 Å². The minimum absolute atomic E-state index is 0.195. The van der Waals surface area contributed by atoms with Crippen LogP contribution in [0.3, 0.4) is 0 Å². The second-order valence-electron chi connectivity index (χ2n) is 7.73. The predicted molar refractivity (Wildman–Crippen MR) is 136 cm³/mol. The lowest BCUT2D eigenvalue weighted by atomic mass is 10.1. The van der Waals surface area contributed by atoms with Crippen molar-refractivity contribution in [3.63, 3.8) is 0 Å². The third-order valence-corrected chi connectivity index (χ3v) is 7.00. The largest absolute Gasteiger partial charge is 0.326 e. The molecule has 2 atom stereocenters. The van der Waals surface area contributed by atoms with E-state index in [4.69, 9.17) is 58.0 Å². The summed E-state index contributed by atoms with van der Waals surface area (Å²) in [6.45, 7) is 0. The molecule has 0 aliphatic heterocycles. The molecule has 0 spiro atoms. The van der Waals surface area contributed by atoms with E-state index < -0.39 is 16.2 Å².